The van der Waals surface area contributed by atoms with Crippen molar-refractivity contribution in [3.05, 3.63) is 70.8 Å². The standard InChI is InChI=1S/C28H33N5O3/c1-28(2)15-24-26(25(35)16-28)23(13-18-5-3-4-12-30-18)32-33(24)19-8-11-21(27(29)36)22(14-19)31-17-6-9-20(34)10-7-17/h3-5,8,11-12,14,17,20,31,34H,6-7,9-10,13,15-16H2,1-2H3,(H2,29,36)/t17-,20-. The lowest BCUT2D eigenvalue weighted by Crippen LogP contribution is -2.29. The first-order chi connectivity index (χ1) is 17.2. The highest BCUT2D eigenvalue weighted by atomic mass is 16.3. The number of hydrogen-bond donors (Lipinski definition) is 3. The normalized spacial score (nSPS) is 21.1. The van der Waals surface area contributed by atoms with Crippen molar-refractivity contribution >= 4 is 17.4 Å². The Kier molecular flexibility index (Phi) is 6.38. The van der Waals surface area contributed by atoms with Crippen molar-refractivity contribution in [2.75, 3.05) is 5.32 Å². The zero-order chi connectivity index (χ0) is 25.4. The highest BCUT2D eigenvalue weighted by Gasteiger charge is 2.37. The van der Waals surface area contributed by atoms with E-state index in [0.717, 1.165) is 48.5 Å². The molecule has 1 fully saturated rings. The van der Waals surface area contributed by atoms with Crippen LogP contribution in [-0.4, -0.2) is 43.7 Å². The van der Waals surface area contributed by atoms with Crippen LogP contribution < -0.4 is 11.1 Å². The summed E-state index contributed by atoms with van der Waals surface area (Å²) < 4.78 is 1.85. The molecule has 8 heteroatoms. The molecule has 0 saturated heterocycles. The Morgan fingerprint density at radius 3 is 2.64 bits per heavy atom. The van der Waals surface area contributed by atoms with E-state index in [1.54, 1.807) is 12.3 Å². The van der Waals surface area contributed by atoms with Gasteiger partial charge in [-0.25, -0.2) is 4.68 Å². The van der Waals surface area contributed by atoms with Gasteiger partial charge in [0.2, 0.25) is 0 Å². The number of carbonyl (C=O) groups excluding carboxylic acids is 2. The number of aliphatic hydroxyl groups excluding tert-OH is 1. The minimum atomic E-state index is -0.505. The van der Waals surface area contributed by atoms with Crippen molar-refractivity contribution in [1.29, 1.82) is 0 Å². The third-order valence-corrected chi connectivity index (χ3v) is 7.26. The second-order valence-corrected chi connectivity index (χ2v) is 10.9. The van der Waals surface area contributed by atoms with Gasteiger partial charge in [0.05, 0.1) is 34.3 Å². The molecule has 2 aliphatic rings. The van der Waals surface area contributed by atoms with E-state index in [1.807, 2.05) is 35.0 Å². The number of Topliss-reactive ketones (excluding diaryl/α,β-unsaturated/α-hetero) is 1. The number of amides is 1. The molecule has 0 atom stereocenters. The predicted octanol–water partition coefficient (Wildman–Crippen LogP) is 3.83. The van der Waals surface area contributed by atoms with Crippen LogP contribution in [0.2, 0.25) is 0 Å². The minimum Gasteiger partial charge on any atom is -0.393 e. The SMILES string of the molecule is CC1(C)CC(=O)c2c(Cc3ccccn3)nn(-c3ccc(C(N)=O)c(N[C@H]4CC[C@H](O)CC4)c3)c2C1. The molecule has 1 aromatic carbocycles. The maximum atomic E-state index is 13.3. The van der Waals surface area contributed by atoms with E-state index in [0.29, 0.717) is 36.1 Å². The van der Waals surface area contributed by atoms with Gasteiger partial charge in [0, 0.05) is 36.5 Å². The summed E-state index contributed by atoms with van der Waals surface area (Å²) in [6.07, 6.45) is 6.22. The number of aliphatic hydroxyl groups is 1. The molecule has 0 unspecified atom stereocenters. The van der Waals surface area contributed by atoms with E-state index in [1.165, 1.54) is 0 Å². The average Bonchev–Trinajstić information content (AvgIpc) is 3.18. The zero-order valence-corrected chi connectivity index (χ0v) is 20.8. The van der Waals surface area contributed by atoms with Crippen molar-refractivity contribution in [2.45, 2.75) is 70.9 Å². The van der Waals surface area contributed by atoms with Gasteiger partial charge in [-0.2, -0.15) is 5.10 Å². The fourth-order valence-corrected chi connectivity index (χ4v) is 5.48. The van der Waals surface area contributed by atoms with E-state index in [9.17, 15) is 14.7 Å². The predicted molar refractivity (Wildman–Crippen MR) is 137 cm³/mol. The number of anilines is 1. The number of aromatic nitrogens is 3. The first-order valence-electron chi connectivity index (χ1n) is 12.6. The number of primary amides is 1. The Balaban J connectivity index is 1.57. The topological polar surface area (TPSA) is 123 Å². The molecule has 2 aliphatic carbocycles. The van der Waals surface area contributed by atoms with Crippen LogP contribution in [0, 0.1) is 5.41 Å². The van der Waals surface area contributed by atoms with Crippen molar-refractivity contribution in [3.8, 4) is 5.69 Å². The Morgan fingerprint density at radius 2 is 1.94 bits per heavy atom. The highest BCUT2D eigenvalue weighted by molar-refractivity contribution is 6.00. The first-order valence-corrected chi connectivity index (χ1v) is 12.6. The van der Waals surface area contributed by atoms with Crippen LogP contribution in [0.25, 0.3) is 5.69 Å². The largest absolute Gasteiger partial charge is 0.393 e. The molecular formula is C28H33N5O3. The number of benzene rings is 1. The molecule has 188 valence electrons. The van der Waals surface area contributed by atoms with E-state index in [-0.39, 0.29) is 23.3 Å². The number of ketones is 1. The third kappa shape index (κ3) is 4.91. The van der Waals surface area contributed by atoms with Crippen LogP contribution in [0.4, 0.5) is 5.69 Å². The first kappa shape index (κ1) is 24.2. The van der Waals surface area contributed by atoms with Gasteiger partial charge < -0.3 is 16.2 Å². The molecule has 3 aromatic rings. The molecule has 8 nitrogen and oxygen atoms in total. The van der Waals surface area contributed by atoms with E-state index in [2.05, 4.69) is 24.1 Å². The zero-order valence-electron chi connectivity index (χ0n) is 20.8. The number of pyridine rings is 1. The monoisotopic (exact) mass is 487 g/mol. The number of carbonyl (C=O) groups is 2. The quantitative estimate of drug-likeness (QED) is 0.486. The third-order valence-electron chi connectivity index (χ3n) is 7.26. The molecule has 0 radical (unpaired) electrons. The smallest absolute Gasteiger partial charge is 0.250 e. The number of nitrogens with one attached hydrogen (secondary N) is 1. The number of nitrogens with zero attached hydrogens (tertiary/aromatic N) is 3. The lowest BCUT2D eigenvalue weighted by molar-refractivity contribution is 0.0909. The van der Waals surface area contributed by atoms with E-state index in [4.69, 9.17) is 10.8 Å². The van der Waals surface area contributed by atoms with Gasteiger partial charge in [-0.15, -0.1) is 0 Å². The number of nitrogens with two attached hydrogens (primary N) is 1. The summed E-state index contributed by atoms with van der Waals surface area (Å²) in [7, 11) is 0. The maximum absolute atomic E-state index is 13.3. The number of rotatable bonds is 6. The summed E-state index contributed by atoms with van der Waals surface area (Å²) in [6.45, 7) is 4.20. The van der Waals surface area contributed by atoms with Crippen molar-refractivity contribution in [3.63, 3.8) is 0 Å². The molecule has 4 N–H and O–H groups in total. The minimum absolute atomic E-state index is 0.103. The molecule has 5 rings (SSSR count). The van der Waals surface area contributed by atoms with Gasteiger partial charge in [-0.3, -0.25) is 14.6 Å². The van der Waals surface area contributed by atoms with Crippen LogP contribution in [-0.2, 0) is 12.8 Å². The molecule has 0 aliphatic heterocycles. The van der Waals surface area contributed by atoms with Gasteiger partial charge in [0.1, 0.15) is 0 Å². The molecule has 0 bridgehead atoms. The van der Waals surface area contributed by atoms with Gasteiger partial charge in [-0.05, 0) is 67.9 Å². The van der Waals surface area contributed by atoms with Crippen LogP contribution >= 0.6 is 0 Å². The summed E-state index contributed by atoms with van der Waals surface area (Å²) in [6, 6.07) is 11.3. The van der Waals surface area contributed by atoms with Gasteiger partial charge >= 0.3 is 0 Å². The van der Waals surface area contributed by atoms with Gasteiger partial charge in [0.15, 0.2) is 5.78 Å². The summed E-state index contributed by atoms with van der Waals surface area (Å²) in [4.78, 5) is 29.9. The van der Waals surface area contributed by atoms with Gasteiger partial charge in [0.25, 0.3) is 5.91 Å². The molecule has 0 spiro atoms. The Morgan fingerprint density at radius 1 is 1.17 bits per heavy atom. The second-order valence-electron chi connectivity index (χ2n) is 10.9. The number of hydrogen-bond acceptors (Lipinski definition) is 6. The van der Waals surface area contributed by atoms with Crippen molar-refractivity contribution < 1.29 is 14.7 Å². The Hall–Kier alpha value is -3.52. The Labute approximate surface area is 210 Å². The highest BCUT2D eigenvalue weighted by Crippen LogP contribution is 2.38. The summed E-state index contributed by atoms with van der Waals surface area (Å²) >= 11 is 0. The lowest BCUT2D eigenvalue weighted by atomic mass is 9.75. The fraction of sp³-hybridized carbons (Fsp3) is 0.429. The molecular weight excluding hydrogens is 454 g/mol. The van der Waals surface area contributed by atoms with Crippen LogP contribution in [0.15, 0.2) is 42.6 Å². The molecule has 1 saturated carbocycles. The van der Waals surface area contributed by atoms with Gasteiger partial charge in [-0.1, -0.05) is 19.9 Å². The average molecular weight is 488 g/mol. The fourth-order valence-electron chi connectivity index (χ4n) is 5.48. The lowest BCUT2D eigenvalue weighted by Gasteiger charge is -2.29. The summed E-state index contributed by atoms with van der Waals surface area (Å²) in [5.74, 6) is -0.402. The van der Waals surface area contributed by atoms with E-state index >= 15 is 0 Å². The summed E-state index contributed by atoms with van der Waals surface area (Å²) in [5, 5.41) is 18.3. The molecule has 1 amide bonds. The second kappa shape index (κ2) is 9.50. The van der Waals surface area contributed by atoms with Crippen LogP contribution in [0.1, 0.15) is 83.7 Å². The molecule has 2 aromatic heterocycles. The Bertz CT molecular complexity index is 1290. The molecule has 36 heavy (non-hydrogen) atoms. The number of fused-ring (bicyclic) bond motifs is 1. The summed E-state index contributed by atoms with van der Waals surface area (Å²) in [5.41, 5.74) is 10.5. The maximum Gasteiger partial charge on any atom is 0.250 e. The van der Waals surface area contributed by atoms with Crippen molar-refractivity contribution in [2.24, 2.45) is 11.1 Å². The van der Waals surface area contributed by atoms with Crippen LogP contribution in [0.5, 0.6) is 0 Å². The van der Waals surface area contributed by atoms with Crippen LogP contribution in [0.3, 0.4) is 0 Å². The van der Waals surface area contributed by atoms with E-state index < -0.39 is 5.91 Å². The van der Waals surface area contributed by atoms with Crippen molar-refractivity contribution in [1.82, 2.24) is 14.8 Å². The molecule has 2 heterocycles.